The zero-order valence-electron chi connectivity index (χ0n) is 9.65. The van der Waals surface area contributed by atoms with Crippen LogP contribution in [0.15, 0.2) is 23.0 Å². The Labute approximate surface area is 108 Å². The van der Waals surface area contributed by atoms with E-state index in [1.54, 1.807) is 13.0 Å². The van der Waals surface area contributed by atoms with Crippen LogP contribution in [0.3, 0.4) is 0 Å². The van der Waals surface area contributed by atoms with Gasteiger partial charge in [-0.3, -0.25) is 9.78 Å². The van der Waals surface area contributed by atoms with Crippen molar-refractivity contribution in [1.29, 1.82) is 0 Å². The Kier molecular flexibility index (Phi) is 3.20. The molecule has 1 aromatic heterocycles. The van der Waals surface area contributed by atoms with Crippen molar-refractivity contribution in [2.45, 2.75) is 13.3 Å². The van der Waals surface area contributed by atoms with E-state index < -0.39 is 0 Å². The van der Waals surface area contributed by atoms with E-state index in [1.165, 1.54) is 12.1 Å². The number of H-pyrrole nitrogens is 2. The van der Waals surface area contributed by atoms with E-state index in [-0.39, 0.29) is 28.3 Å². The number of hydrogen-bond acceptors (Lipinski definition) is 4. The Balaban J connectivity index is 2.46. The third-order valence-electron chi connectivity index (χ3n) is 2.69. The van der Waals surface area contributed by atoms with Crippen LogP contribution in [0, 0.1) is 11.7 Å². The van der Waals surface area contributed by atoms with Gasteiger partial charge in [0.05, 0.1) is 0 Å². The molecule has 0 saturated heterocycles. The number of nitrogens with one attached hydrogen (secondary N) is 2. The number of rotatable bonds is 2. The molecule has 1 aromatic carbocycles. The van der Waals surface area contributed by atoms with Crippen molar-refractivity contribution in [1.82, 2.24) is 9.97 Å². The van der Waals surface area contributed by atoms with Crippen LogP contribution in [0.25, 0.3) is 0 Å². The zero-order chi connectivity index (χ0) is 13.3. The molecule has 0 bridgehead atoms. The smallest absolute Gasteiger partial charge is 0.255 e. The molecule has 0 spiro atoms. The highest BCUT2D eigenvalue weighted by molar-refractivity contribution is 7.71. The molecular formula is C12H12N2O3S. The van der Waals surface area contributed by atoms with Crippen molar-refractivity contribution in [2.24, 2.45) is 0 Å². The Morgan fingerprint density at radius 1 is 1.28 bits per heavy atom. The van der Waals surface area contributed by atoms with E-state index in [1.807, 2.05) is 0 Å². The molecule has 0 amide bonds. The maximum absolute atomic E-state index is 11.8. The number of aryl methyl sites for hydroxylation is 1. The van der Waals surface area contributed by atoms with E-state index in [2.05, 4.69) is 9.97 Å². The van der Waals surface area contributed by atoms with Gasteiger partial charge in [-0.15, -0.1) is 0 Å². The molecule has 0 saturated carbocycles. The van der Waals surface area contributed by atoms with E-state index in [4.69, 9.17) is 12.2 Å². The van der Waals surface area contributed by atoms with Crippen LogP contribution >= 0.6 is 12.2 Å². The van der Waals surface area contributed by atoms with Gasteiger partial charge in [0.1, 0.15) is 11.5 Å². The fourth-order valence-corrected chi connectivity index (χ4v) is 1.98. The minimum absolute atomic E-state index is 0.0191. The molecule has 94 valence electrons. The third-order valence-corrected chi connectivity index (χ3v) is 2.90. The zero-order valence-corrected chi connectivity index (χ0v) is 10.5. The fraction of sp³-hybridized carbons (Fsp3) is 0.167. The van der Waals surface area contributed by atoms with Crippen molar-refractivity contribution in [3.8, 4) is 11.5 Å². The first kappa shape index (κ1) is 12.4. The van der Waals surface area contributed by atoms with Gasteiger partial charge in [-0.05, 0) is 30.8 Å². The first-order valence-corrected chi connectivity index (χ1v) is 5.71. The molecule has 0 unspecified atom stereocenters. The largest absolute Gasteiger partial charge is 0.508 e. The van der Waals surface area contributed by atoms with Crippen molar-refractivity contribution < 1.29 is 10.2 Å². The van der Waals surface area contributed by atoms with Gasteiger partial charge >= 0.3 is 0 Å². The summed E-state index contributed by atoms with van der Waals surface area (Å²) in [5.74, 6) is -0.0643. The van der Waals surface area contributed by atoms with Crippen LogP contribution in [0.1, 0.15) is 16.8 Å². The lowest BCUT2D eigenvalue weighted by molar-refractivity contribution is 0.447. The average Bonchev–Trinajstić information content (AvgIpc) is 2.25. The van der Waals surface area contributed by atoms with Gasteiger partial charge in [0.2, 0.25) is 0 Å². The first-order chi connectivity index (χ1) is 8.47. The molecule has 0 fully saturated rings. The second kappa shape index (κ2) is 4.66. The van der Waals surface area contributed by atoms with Crippen LogP contribution in [0.2, 0.25) is 0 Å². The van der Waals surface area contributed by atoms with Crippen LogP contribution < -0.4 is 5.56 Å². The molecule has 1 heterocycles. The normalized spacial score (nSPS) is 10.5. The lowest BCUT2D eigenvalue weighted by Gasteiger charge is -2.07. The second-order valence-corrected chi connectivity index (χ2v) is 4.41. The summed E-state index contributed by atoms with van der Waals surface area (Å²) in [6.45, 7) is 1.75. The van der Waals surface area contributed by atoms with E-state index in [9.17, 15) is 15.0 Å². The predicted octanol–water partition coefficient (Wildman–Crippen LogP) is 1.74. The lowest BCUT2D eigenvalue weighted by Crippen LogP contribution is -2.16. The Morgan fingerprint density at radius 3 is 2.61 bits per heavy atom. The number of hydrogen-bond donors (Lipinski definition) is 4. The Morgan fingerprint density at radius 2 is 2.00 bits per heavy atom. The minimum Gasteiger partial charge on any atom is -0.508 e. The highest BCUT2D eigenvalue weighted by Gasteiger charge is 2.09. The maximum Gasteiger partial charge on any atom is 0.255 e. The van der Waals surface area contributed by atoms with Crippen LogP contribution in [0.4, 0.5) is 0 Å². The maximum atomic E-state index is 11.8. The summed E-state index contributed by atoms with van der Waals surface area (Å²) in [5.41, 5.74) is 1.46. The van der Waals surface area contributed by atoms with Gasteiger partial charge in [-0.2, -0.15) is 0 Å². The number of aromatic nitrogens is 2. The Bertz CT molecular complexity index is 703. The standard InChI is InChI=1S/C12H12N2O3S/c1-6-9(11(17)14-12(18)13-6)4-7-2-3-8(15)5-10(7)16/h2-3,5,15-16H,4H2,1H3,(H2,13,14,17,18). The molecule has 6 heteroatoms. The molecule has 0 radical (unpaired) electrons. The quantitative estimate of drug-likeness (QED) is 0.622. The molecular weight excluding hydrogens is 252 g/mol. The van der Waals surface area contributed by atoms with Gasteiger partial charge in [0, 0.05) is 23.7 Å². The first-order valence-electron chi connectivity index (χ1n) is 5.30. The summed E-state index contributed by atoms with van der Waals surface area (Å²) in [7, 11) is 0. The molecule has 0 aliphatic rings. The number of benzene rings is 1. The molecule has 2 aromatic rings. The number of aromatic amines is 2. The summed E-state index contributed by atoms with van der Waals surface area (Å²) in [6, 6.07) is 4.28. The topological polar surface area (TPSA) is 89.1 Å². The minimum atomic E-state index is -0.274. The van der Waals surface area contributed by atoms with E-state index in [0.29, 0.717) is 16.8 Å². The number of phenols is 2. The summed E-state index contributed by atoms with van der Waals surface area (Å²) < 4.78 is 0.274. The number of phenolic OH excluding ortho intramolecular Hbond substituents is 2. The van der Waals surface area contributed by atoms with Crippen molar-refractivity contribution in [3.63, 3.8) is 0 Å². The molecule has 0 aliphatic carbocycles. The molecule has 4 N–H and O–H groups in total. The average molecular weight is 264 g/mol. The van der Waals surface area contributed by atoms with Gasteiger partial charge < -0.3 is 15.2 Å². The molecule has 2 rings (SSSR count). The molecule has 18 heavy (non-hydrogen) atoms. The van der Waals surface area contributed by atoms with Crippen molar-refractivity contribution in [2.75, 3.05) is 0 Å². The summed E-state index contributed by atoms with van der Waals surface area (Å²) in [5, 5.41) is 18.9. The van der Waals surface area contributed by atoms with E-state index >= 15 is 0 Å². The third kappa shape index (κ3) is 2.43. The van der Waals surface area contributed by atoms with Gasteiger partial charge in [-0.1, -0.05) is 6.07 Å². The van der Waals surface area contributed by atoms with Gasteiger partial charge in [0.25, 0.3) is 5.56 Å². The summed E-state index contributed by atoms with van der Waals surface area (Å²) in [6.07, 6.45) is 0.263. The highest BCUT2D eigenvalue weighted by Crippen LogP contribution is 2.24. The van der Waals surface area contributed by atoms with Crippen LogP contribution in [0.5, 0.6) is 11.5 Å². The van der Waals surface area contributed by atoms with Crippen molar-refractivity contribution in [3.05, 3.63) is 50.1 Å². The van der Waals surface area contributed by atoms with Crippen molar-refractivity contribution >= 4 is 12.2 Å². The monoisotopic (exact) mass is 264 g/mol. The predicted molar refractivity (Wildman–Crippen MR) is 69.6 cm³/mol. The highest BCUT2D eigenvalue weighted by atomic mass is 32.1. The number of aromatic hydroxyl groups is 2. The Hall–Kier alpha value is -2.08. The molecule has 5 nitrogen and oxygen atoms in total. The molecule has 0 atom stereocenters. The van der Waals surface area contributed by atoms with Crippen LogP contribution in [-0.2, 0) is 6.42 Å². The van der Waals surface area contributed by atoms with Crippen LogP contribution in [-0.4, -0.2) is 20.2 Å². The van der Waals surface area contributed by atoms with Gasteiger partial charge in [-0.25, -0.2) is 0 Å². The van der Waals surface area contributed by atoms with Gasteiger partial charge in [0.15, 0.2) is 4.77 Å². The van der Waals surface area contributed by atoms with E-state index in [0.717, 1.165) is 0 Å². The SMILES string of the molecule is Cc1[nH]c(=S)[nH]c(=O)c1Cc1ccc(O)cc1O. The summed E-state index contributed by atoms with van der Waals surface area (Å²) >= 11 is 4.86. The second-order valence-electron chi connectivity index (χ2n) is 4.00. The fourth-order valence-electron chi connectivity index (χ4n) is 1.73. The molecule has 0 aliphatic heterocycles. The lowest BCUT2D eigenvalue weighted by atomic mass is 10.0. The summed E-state index contributed by atoms with van der Waals surface area (Å²) in [4.78, 5) is 17.1.